The Labute approximate surface area is 146 Å². The van der Waals surface area contributed by atoms with Gasteiger partial charge in [0.1, 0.15) is 6.33 Å². The third-order valence-electron chi connectivity index (χ3n) is 3.55. The van der Waals surface area contributed by atoms with Gasteiger partial charge in [-0.3, -0.25) is 9.89 Å². The highest BCUT2D eigenvalue weighted by molar-refractivity contribution is 9.10. The molecule has 0 aliphatic carbocycles. The molecule has 0 bridgehead atoms. The smallest absolute Gasteiger partial charge is 0.183 e. The zero-order valence-electron chi connectivity index (χ0n) is 12.7. The first-order valence-electron chi connectivity index (χ1n) is 7.02. The zero-order chi connectivity index (χ0) is 16.4. The lowest BCUT2D eigenvalue weighted by atomic mass is 10.2. The van der Waals surface area contributed by atoms with Crippen LogP contribution in [0.3, 0.4) is 0 Å². The molecule has 1 aromatic carbocycles. The van der Waals surface area contributed by atoms with E-state index in [9.17, 15) is 4.79 Å². The van der Waals surface area contributed by atoms with E-state index in [1.165, 1.54) is 18.1 Å². The van der Waals surface area contributed by atoms with Crippen molar-refractivity contribution < 1.29 is 4.79 Å². The number of halogens is 1. The third-order valence-corrected chi connectivity index (χ3v) is 4.95. The molecule has 0 saturated heterocycles. The lowest BCUT2D eigenvalue weighted by Crippen LogP contribution is -2.05. The van der Waals surface area contributed by atoms with E-state index in [2.05, 4.69) is 35.7 Å². The Balaban J connectivity index is 1.85. The highest BCUT2D eigenvalue weighted by Crippen LogP contribution is 2.24. The van der Waals surface area contributed by atoms with Crippen LogP contribution in [0.25, 0.3) is 5.69 Å². The zero-order valence-corrected chi connectivity index (χ0v) is 15.1. The predicted molar refractivity (Wildman–Crippen MR) is 94.4 cm³/mol. The second-order valence-electron chi connectivity index (χ2n) is 5.10. The van der Waals surface area contributed by atoms with Gasteiger partial charge < -0.3 is 4.57 Å². The van der Waals surface area contributed by atoms with Crippen LogP contribution in [0.5, 0.6) is 0 Å². The first-order chi connectivity index (χ1) is 11.1. The van der Waals surface area contributed by atoms with Crippen molar-refractivity contribution in [1.29, 1.82) is 0 Å². The Bertz CT molecular complexity index is 825. The van der Waals surface area contributed by atoms with Gasteiger partial charge in [0.05, 0.1) is 5.75 Å². The molecular formula is C16H15BrN4OS. The highest BCUT2D eigenvalue weighted by Gasteiger charge is 2.17. The monoisotopic (exact) mass is 390 g/mol. The van der Waals surface area contributed by atoms with Gasteiger partial charge >= 0.3 is 0 Å². The summed E-state index contributed by atoms with van der Waals surface area (Å²) in [5.74, 6) is 0.419. The largest absolute Gasteiger partial charge is 0.318 e. The summed E-state index contributed by atoms with van der Waals surface area (Å²) in [4.78, 5) is 16.5. The van der Waals surface area contributed by atoms with Gasteiger partial charge in [-0.15, -0.1) is 0 Å². The molecule has 2 aromatic heterocycles. The third kappa shape index (κ3) is 3.40. The van der Waals surface area contributed by atoms with Crippen LogP contribution >= 0.6 is 27.7 Å². The van der Waals surface area contributed by atoms with Crippen LogP contribution in [0.15, 0.2) is 46.3 Å². The van der Waals surface area contributed by atoms with Crippen molar-refractivity contribution in [3.8, 4) is 5.69 Å². The number of carbonyl (C=O) groups is 1. The van der Waals surface area contributed by atoms with Crippen LogP contribution in [0, 0.1) is 13.8 Å². The second-order valence-corrected chi connectivity index (χ2v) is 6.98. The number of aryl methyl sites for hydroxylation is 1. The molecule has 0 spiro atoms. The van der Waals surface area contributed by atoms with E-state index in [1.807, 2.05) is 44.2 Å². The van der Waals surface area contributed by atoms with E-state index in [4.69, 9.17) is 0 Å². The normalized spacial score (nSPS) is 10.9. The minimum absolute atomic E-state index is 0.0860. The molecule has 0 amide bonds. The van der Waals surface area contributed by atoms with Gasteiger partial charge in [0.25, 0.3) is 0 Å². The van der Waals surface area contributed by atoms with Gasteiger partial charge in [0.2, 0.25) is 0 Å². The number of thioether (sulfide) groups is 1. The number of rotatable bonds is 5. The number of aromatic nitrogens is 4. The minimum atomic E-state index is 0.0860. The Morgan fingerprint density at radius 1 is 1.30 bits per heavy atom. The Kier molecular flexibility index (Phi) is 4.68. The standard InChI is InChI=1S/C16H15BrN4OS/c1-10-7-14(15(22)8-23-16-18-9-19-20-16)11(2)21(10)13-5-3-12(17)4-6-13/h3-7,9H,8H2,1-2H3,(H,18,19,20). The summed E-state index contributed by atoms with van der Waals surface area (Å²) in [6.45, 7) is 3.98. The van der Waals surface area contributed by atoms with Crippen molar-refractivity contribution in [2.24, 2.45) is 0 Å². The molecule has 0 saturated carbocycles. The Morgan fingerprint density at radius 2 is 2.04 bits per heavy atom. The molecule has 7 heteroatoms. The van der Waals surface area contributed by atoms with E-state index in [1.54, 1.807) is 0 Å². The summed E-state index contributed by atoms with van der Waals surface area (Å²) < 4.78 is 3.13. The molecule has 5 nitrogen and oxygen atoms in total. The molecule has 23 heavy (non-hydrogen) atoms. The molecule has 2 heterocycles. The molecule has 0 atom stereocenters. The van der Waals surface area contributed by atoms with Crippen LogP contribution in [0.2, 0.25) is 0 Å². The van der Waals surface area contributed by atoms with Crippen molar-refractivity contribution in [2.45, 2.75) is 19.0 Å². The lowest BCUT2D eigenvalue weighted by molar-refractivity contribution is 0.102. The molecule has 0 fully saturated rings. The van der Waals surface area contributed by atoms with Crippen molar-refractivity contribution in [3.63, 3.8) is 0 Å². The molecular weight excluding hydrogens is 376 g/mol. The quantitative estimate of drug-likeness (QED) is 0.529. The number of nitrogens with one attached hydrogen (secondary N) is 1. The van der Waals surface area contributed by atoms with Gasteiger partial charge in [0, 0.05) is 27.1 Å². The average Bonchev–Trinajstić information content (AvgIpc) is 3.14. The average molecular weight is 391 g/mol. The number of hydrogen-bond donors (Lipinski definition) is 1. The van der Waals surface area contributed by atoms with Crippen LogP contribution in [-0.4, -0.2) is 31.3 Å². The maximum Gasteiger partial charge on any atom is 0.183 e. The summed E-state index contributed by atoms with van der Waals surface area (Å²) in [6, 6.07) is 9.99. The van der Waals surface area contributed by atoms with Crippen LogP contribution in [0.4, 0.5) is 0 Å². The maximum atomic E-state index is 12.5. The molecule has 3 rings (SSSR count). The summed E-state index contributed by atoms with van der Waals surface area (Å²) in [6.07, 6.45) is 1.44. The van der Waals surface area contributed by atoms with Crippen molar-refractivity contribution >= 4 is 33.5 Å². The molecule has 0 aliphatic rings. The number of aromatic amines is 1. The lowest BCUT2D eigenvalue weighted by Gasteiger charge is -2.10. The number of nitrogens with zero attached hydrogens (tertiary/aromatic N) is 3. The van der Waals surface area contributed by atoms with Crippen LogP contribution < -0.4 is 0 Å². The molecule has 0 aliphatic heterocycles. The predicted octanol–water partition coefficient (Wildman–Crippen LogP) is 3.95. The van der Waals surface area contributed by atoms with E-state index < -0.39 is 0 Å². The van der Waals surface area contributed by atoms with Gasteiger partial charge in [-0.25, -0.2) is 4.98 Å². The fraction of sp³-hybridized carbons (Fsp3) is 0.188. The van der Waals surface area contributed by atoms with Gasteiger partial charge in [0.15, 0.2) is 10.9 Å². The molecule has 0 radical (unpaired) electrons. The van der Waals surface area contributed by atoms with Crippen LogP contribution in [-0.2, 0) is 0 Å². The fourth-order valence-corrected chi connectivity index (χ4v) is 3.43. The number of benzene rings is 1. The molecule has 118 valence electrons. The van der Waals surface area contributed by atoms with E-state index >= 15 is 0 Å². The Morgan fingerprint density at radius 3 is 2.70 bits per heavy atom. The summed E-state index contributed by atoms with van der Waals surface area (Å²) in [5.41, 5.74) is 3.79. The maximum absolute atomic E-state index is 12.5. The van der Waals surface area contributed by atoms with Gasteiger partial charge in [-0.1, -0.05) is 27.7 Å². The summed E-state index contributed by atoms with van der Waals surface area (Å²) in [7, 11) is 0. The molecule has 3 aromatic rings. The second kappa shape index (κ2) is 6.72. The first-order valence-corrected chi connectivity index (χ1v) is 8.80. The van der Waals surface area contributed by atoms with Crippen LogP contribution in [0.1, 0.15) is 21.7 Å². The van der Waals surface area contributed by atoms with Crippen molar-refractivity contribution in [1.82, 2.24) is 19.7 Å². The van der Waals surface area contributed by atoms with Gasteiger partial charge in [-0.05, 0) is 44.2 Å². The number of H-pyrrole nitrogens is 1. The summed E-state index contributed by atoms with van der Waals surface area (Å²) in [5, 5.41) is 7.18. The topological polar surface area (TPSA) is 63.6 Å². The summed E-state index contributed by atoms with van der Waals surface area (Å²) >= 11 is 4.80. The van der Waals surface area contributed by atoms with Gasteiger partial charge in [-0.2, -0.15) is 5.10 Å². The Hall–Kier alpha value is -1.86. The van der Waals surface area contributed by atoms with Crippen molar-refractivity contribution in [3.05, 3.63) is 58.1 Å². The SMILES string of the molecule is Cc1cc(C(=O)CSc2ncn[nH]2)c(C)n1-c1ccc(Br)cc1. The number of carbonyl (C=O) groups excluding carboxylic acids is 1. The van der Waals surface area contributed by atoms with E-state index in [0.717, 1.165) is 27.1 Å². The fourth-order valence-electron chi connectivity index (χ4n) is 2.51. The van der Waals surface area contributed by atoms with E-state index in [-0.39, 0.29) is 5.78 Å². The highest BCUT2D eigenvalue weighted by atomic mass is 79.9. The minimum Gasteiger partial charge on any atom is -0.318 e. The number of hydrogen-bond acceptors (Lipinski definition) is 4. The molecule has 0 unspecified atom stereocenters. The van der Waals surface area contributed by atoms with Crippen molar-refractivity contribution in [2.75, 3.05) is 5.75 Å². The number of Topliss-reactive ketones (excluding diaryl/α,β-unsaturated/α-hetero) is 1. The first kappa shape index (κ1) is 16.0. The molecule has 1 N–H and O–H groups in total. The van der Waals surface area contributed by atoms with E-state index in [0.29, 0.717) is 10.9 Å². The number of ketones is 1.